The molecular weight excluding hydrogens is 122 g/mol. The summed E-state index contributed by atoms with van der Waals surface area (Å²) in [6.45, 7) is 7.19. The molecule has 0 aliphatic carbocycles. The predicted octanol–water partition coefficient (Wildman–Crippen LogP) is 2.82. The van der Waals surface area contributed by atoms with Gasteiger partial charge in [-0.2, -0.15) is 0 Å². The third-order valence-electron chi connectivity index (χ3n) is 1.35. The van der Waals surface area contributed by atoms with Crippen LogP contribution >= 0.6 is 0 Å². The lowest BCUT2D eigenvalue weighted by Crippen LogP contribution is -1.84. The zero-order valence-electron chi connectivity index (χ0n) is 7.22. The molecule has 0 saturated heterocycles. The first-order chi connectivity index (χ1) is 4.85. The first kappa shape index (κ1) is 9.41. The molecule has 0 aliphatic rings. The van der Waals surface area contributed by atoms with Crippen molar-refractivity contribution in [3.63, 3.8) is 0 Å². The normalized spacial score (nSPS) is 12.9. The van der Waals surface area contributed by atoms with Gasteiger partial charge in [0.2, 0.25) is 0 Å². The summed E-state index contributed by atoms with van der Waals surface area (Å²) in [6.07, 6.45) is 6.46. The van der Waals surface area contributed by atoms with E-state index in [1.165, 1.54) is 12.0 Å². The van der Waals surface area contributed by atoms with E-state index in [0.717, 1.165) is 13.0 Å². The number of rotatable bonds is 4. The van der Waals surface area contributed by atoms with Gasteiger partial charge in [0.25, 0.3) is 0 Å². The van der Waals surface area contributed by atoms with E-state index in [-0.39, 0.29) is 0 Å². The summed E-state index contributed by atoms with van der Waals surface area (Å²) < 4.78 is 0. The van der Waals surface area contributed by atoms with E-state index in [9.17, 15) is 0 Å². The van der Waals surface area contributed by atoms with Gasteiger partial charge in [-0.1, -0.05) is 19.4 Å². The molecule has 0 N–H and O–H groups in total. The molecule has 0 aromatic rings. The van der Waals surface area contributed by atoms with Crippen molar-refractivity contribution in [2.24, 2.45) is 4.99 Å². The fraction of sp³-hybridized carbons (Fsp3) is 0.667. The van der Waals surface area contributed by atoms with Crippen LogP contribution < -0.4 is 0 Å². The Hall–Kier alpha value is -0.590. The molecule has 10 heavy (non-hydrogen) atoms. The van der Waals surface area contributed by atoms with Crippen molar-refractivity contribution < 1.29 is 0 Å². The van der Waals surface area contributed by atoms with Crippen molar-refractivity contribution in [2.45, 2.75) is 33.6 Å². The Morgan fingerprint density at radius 2 is 2.10 bits per heavy atom. The Morgan fingerprint density at radius 1 is 1.40 bits per heavy atom. The summed E-state index contributed by atoms with van der Waals surface area (Å²) in [5.41, 5.74) is 1.35. The quantitative estimate of drug-likeness (QED) is 0.531. The predicted molar refractivity (Wildman–Crippen MR) is 47.7 cm³/mol. The fourth-order valence-corrected chi connectivity index (χ4v) is 0.781. The second-order valence-corrected chi connectivity index (χ2v) is 2.24. The van der Waals surface area contributed by atoms with Crippen LogP contribution in [0.15, 0.2) is 16.6 Å². The van der Waals surface area contributed by atoms with Crippen LogP contribution in [-0.2, 0) is 0 Å². The lowest BCUT2D eigenvalue weighted by molar-refractivity contribution is 0.935. The number of hydrogen-bond donors (Lipinski definition) is 0. The molecule has 58 valence electrons. The van der Waals surface area contributed by atoms with E-state index >= 15 is 0 Å². The van der Waals surface area contributed by atoms with Crippen molar-refractivity contribution in [2.75, 3.05) is 6.54 Å². The molecule has 0 atom stereocenters. The number of allylic oxidation sites excluding steroid dienone is 2. The molecule has 0 radical (unpaired) electrons. The SMILES string of the molecule is C/C=C(\C=NCC)CCC. The van der Waals surface area contributed by atoms with Crippen molar-refractivity contribution in [3.8, 4) is 0 Å². The molecule has 0 aliphatic heterocycles. The highest BCUT2D eigenvalue weighted by molar-refractivity contribution is 5.78. The molecule has 0 aromatic heterocycles. The average Bonchev–Trinajstić information content (AvgIpc) is 1.98. The third kappa shape index (κ3) is 4.30. The molecule has 0 aromatic carbocycles. The van der Waals surface area contributed by atoms with Crippen LogP contribution in [0.25, 0.3) is 0 Å². The molecule has 0 unspecified atom stereocenters. The number of aliphatic imine (C=N–C) groups is 1. The van der Waals surface area contributed by atoms with Gasteiger partial charge in [0.1, 0.15) is 0 Å². The van der Waals surface area contributed by atoms with Crippen LogP contribution in [0, 0.1) is 0 Å². The largest absolute Gasteiger partial charge is 0.293 e. The van der Waals surface area contributed by atoms with Crippen molar-refractivity contribution >= 4 is 6.21 Å². The molecule has 0 bridgehead atoms. The van der Waals surface area contributed by atoms with Crippen LogP contribution in [0.1, 0.15) is 33.6 Å². The maximum Gasteiger partial charge on any atom is 0.0361 e. The van der Waals surface area contributed by atoms with E-state index in [1.54, 1.807) is 0 Å². The van der Waals surface area contributed by atoms with Gasteiger partial charge in [-0.05, 0) is 25.8 Å². The molecule has 0 spiro atoms. The summed E-state index contributed by atoms with van der Waals surface area (Å²) in [4.78, 5) is 4.17. The minimum atomic E-state index is 0.890. The average molecular weight is 139 g/mol. The van der Waals surface area contributed by atoms with Gasteiger partial charge >= 0.3 is 0 Å². The standard InChI is InChI=1S/C9H17N/c1-4-7-9(5-2)8-10-6-3/h5,8H,4,6-7H2,1-3H3/b9-5-,10-8?. The van der Waals surface area contributed by atoms with Crippen LogP contribution in [0.3, 0.4) is 0 Å². The summed E-state index contributed by atoms with van der Waals surface area (Å²) in [6, 6.07) is 0. The van der Waals surface area contributed by atoms with Gasteiger partial charge in [0.05, 0.1) is 0 Å². The Kier molecular flexibility index (Phi) is 6.14. The highest BCUT2D eigenvalue weighted by Crippen LogP contribution is 2.00. The minimum Gasteiger partial charge on any atom is -0.293 e. The lowest BCUT2D eigenvalue weighted by Gasteiger charge is -1.94. The van der Waals surface area contributed by atoms with Crippen LogP contribution in [0.4, 0.5) is 0 Å². The minimum absolute atomic E-state index is 0.890. The summed E-state index contributed by atoms with van der Waals surface area (Å²) >= 11 is 0. The van der Waals surface area contributed by atoms with Gasteiger partial charge in [0.15, 0.2) is 0 Å². The zero-order chi connectivity index (χ0) is 7.82. The Morgan fingerprint density at radius 3 is 2.50 bits per heavy atom. The Bertz CT molecular complexity index is 123. The van der Waals surface area contributed by atoms with Crippen LogP contribution in [0.5, 0.6) is 0 Å². The number of nitrogens with zero attached hydrogens (tertiary/aromatic N) is 1. The molecule has 0 saturated carbocycles. The second-order valence-electron chi connectivity index (χ2n) is 2.24. The third-order valence-corrected chi connectivity index (χ3v) is 1.35. The summed E-state index contributed by atoms with van der Waals surface area (Å²) in [7, 11) is 0. The van der Waals surface area contributed by atoms with Gasteiger partial charge in [0, 0.05) is 12.8 Å². The van der Waals surface area contributed by atoms with Crippen molar-refractivity contribution in [1.29, 1.82) is 0 Å². The zero-order valence-corrected chi connectivity index (χ0v) is 7.22. The highest BCUT2D eigenvalue weighted by atomic mass is 14.7. The molecule has 0 rings (SSSR count). The van der Waals surface area contributed by atoms with Crippen molar-refractivity contribution in [1.82, 2.24) is 0 Å². The van der Waals surface area contributed by atoms with E-state index in [0.29, 0.717) is 0 Å². The maximum atomic E-state index is 4.17. The molecular formula is C9H17N. The molecule has 1 heteroatoms. The maximum absolute atomic E-state index is 4.17. The highest BCUT2D eigenvalue weighted by Gasteiger charge is 1.86. The smallest absolute Gasteiger partial charge is 0.0361 e. The summed E-state index contributed by atoms with van der Waals surface area (Å²) in [5, 5.41) is 0. The Labute approximate surface area is 63.9 Å². The molecule has 0 amide bonds. The Balaban J connectivity index is 3.72. The number of hydrogen-bond acceptors (Lipinski definition) is 1. The first-order valence-corrected chi connectivity index (χ1v) is 4.00. The van der Waals surface area contributed by atoms with Gasteiger partial charge in [-0.3, -0.25) is 4.99 Å². The second kappa shape index (κ2) is 6.53. The monoisotopic (exact) mass is 139 g/mol. The van der Waals surface area contributed by atoms with E-state index in [2.05, 4.69) is 31.8 Å². The van der Waals surface area contributed by atoms with Crippen LogP contribution in [-0.4, -0.2) is 12.8 Å². The molecule has 0 heterocycles. The van der Waals surface area contributed by atoms with Gasteiger partial charge < -0.3 is 0 Å². The lowest BCUT2D eigenvalue weighted by atomic mass is 10.1. The molecule has 1 nitrogen and oxygen atoms in total. The van der Waals surface area contributed by atoms with Gasteiger partial charge in [-0.15, -0.1) is 0 Å². The van der Waals surface area contributed by atoms with E-state index < -0.39 is 0 Å². The van der Waals surface area contributed by atoms with E-state index in [4.69, 9.17) is 0 Å². The van der Waals surface area contributed by atoms with E-state index in [1.807, 2.05) is 6.21 Å². The first-order valence-electron chi connectivity index (χ1n) is 4.00. The fourth-order valence-electron chi connectivity index (χ4n) is 0.781. The molecule has 0 fully saturated rings. The van der Waals surface area contributed by atoms with Crippen molar-refractivity contribution in [3.05, 3.63) is 11.6 Å². The summed E-state index contributed by atoms with van der Waals surface area (Å²) in [5.74, 6) is 0. The van der Waals surface area contributed by atoms with Gasteiger partial charge in [-0.25, -0.2) is 0 Å². The van der Waals surface area contributed by atoms with Crippen LogP contribution in [0.2, 0.25) is 0 Å². The topological polar surface area (TPSA) is 12.4 Å².